The number of sulfonamides is 1. The van der Waals surface area contributed by atoms with Crippen molar-refractivity contribution in [3.63, 3.8) is 0 Å². The number of para-hydroxylation sites is 1. The maximum absolute atomic E-state index is 13.1. The first-order chi connectivity index (χ1) is 15.4. The van der Waals surface area contributed by atoms with Crippen LogP contribution in [0.4, 0.5) is 5.69 Å². The Morgan fingerprint density at radius 3 is 2.47 bits per heavy atom. The minimum Gasteiger partial charge on any atom is -0.456 e. The second kappa shape index (κ2) is 8.24. The van der Waals surface area contributed by atoms with Crippen LogP contribution in [0, 0.1) is 0 Å². The quantitative estimate of drug-likeness (QED) is 0.418. The predicted octanol–water partition coefficient (Wildman–Crippen LogP) is 5.67. The molecule has 1 aliphatic rings. The van der Waals surface area contributed by atoms with Gasteiger partial charge in [0.25, 0.3) is 5.91 Å². The van der Waals surface area contributed by atoms with Crippen molar-refractivity contribution in [3.8, 4) is 0 Å². The third-order valence-electron chi connectivity index (χ3n) is 5.76. The summed E-state index contributed by atoms with van der Waals surface area (Å²) in [5.41, 5.74) is 2.20. The van der Waals surface area contributed by atoms with E-state index in [0.29, 0.717) is 24.4 Å². The molecule has 0 radical (unpaired) electrons. The standard InChI is InChI=1S/C24H21ClN2O4S/c25-20-11-8-16(14-23(20)32(29,30)27-12-4-1-5-13-27)24(28)26-17-9-10-19-18-6-2-3-7-21(18)31-22(19)15-17/h2-3,6-11,14-15H,1,4-5,12-13H2,(H,26,28). The molecule has 0 aliphatic carbocycles. The summed E-state index contributed by atoms with van der Waals surface area (Å²) in [5, 5.41) is 4.89. The molecule has 1 amide bonds. The van der Waals surface area contributed by atoms with Crippen molar-refractivity contribution < 1.29 is 17.6 Å². The molecule has 0 spiro atoms. The first-order valence-electron chi connectivity index (χ1n) is 10.5. The third-order valence-corrected chi connectivity index (χ3v) is 8.14. The van der Waals surface area contributed by atoms with Crippen LogP contribution < -0.4 is 5.32 Å². The fourth-order valence-electron chi connectivity index (χ4n) is 4.09. The lowest BCUT2D eigenvalue weighted by Crippen LogP contribution is -2.35. The fraction of sp³-hybridized carbons (Fsp3) is 0.208. The molecule has 2 heterocycles. The van der Waals surface area contributed by atoms with Gasteiger partial charge in [-0.25, -0.2) is 8.42 Å². The summed E-state index contributed by atoms with van der Waals surface area (Å²) in [6.07, 6.45) is 2.65. The number of halogens is 1. The van der Waals surface area contributed by atoms with Crippen LogP contribution >= 0.6 is 11.6 Å². The van der Waals surface area contributed by atoms with Crippen LogP contribution in [0.25, 0.3) is 21.9 Å². The summed E-state index contributed by atoms with van der Waals surface area (Å²) in [5.74, 6) is -0.424. The minimum absolute atomic E-state index is 0.0403. The van der Waals surface area contributed by atoms with Gasteiger partial charge in [0, 0.05) is 41.2 Å². The SMILES string of the molecule is O=C(Nc1ccc2c(c1)oc1ccccc12)c1ccc(Cl)c(S(=O)(=O)N2CCCCC2)c1. The average Bonchev–Trinajstić information content (AvgIpc) is 3.17. The summed E-state index contributed by atoms with van der Waals surface area (Å²) in [6.45, 7) is 0.930. The van der Waals surface area contributed by atoms with Gasteiger partial charge in [-0.3, -0.25) is 4.79 Å². The summed E-state index contributed by atoms with van der Waals surface area (Å²) >= 11 is 6.22. The Labute approximate surface area is 190 Å². The summed E-state index contributed by atoms with van der Waals surface area (Å²) in [4.78, 5) is 12.9. The molecule has 1 saturated heterocycles. The van der Waals surface area contributed by atoms with Gasteiger partial charge in [-0.2, -0.15) is 4.31 Å². The highest BCUT2D eigenvalue weighted by atomic mass is 35.5. The number of hydrogen-bond donors (Lipinski definition) is 1. The van der Waals surface area contributed by atoms with Gasteiger partial charge in [0.2, 0.25) is 10.0 Å². The molecule has 0 unspecified atom stereocenters. The van der Waals surface area contributed by atoms with E-state index in [2.05, 4.69) is 5.32 Å². The van der Waals surface area contributed by atoms with Gasteiger partial charge in [0.05, 0.1) is 5.02 Å². The normalized spacial score (nSPS) is 15.3. The number of carbonyl (C=O) groups excluding carboxylic acids is 1. The second-order valence-corrected chi connectivity index (χ2v) is 10.2. The molecule has 8 heteroatoms. The molecule has 1 aromatic heterocycles. The highest BCUT2D eigenvalue weighted by molar-refractivity contribution is 7.89. The molecule has 0 atom stereocenters. The van der Waals surface area contributed by atoms with Crippen LogP contribution in [0.2, 0.25) is 5.02 Å². The number of benzene rings is 3. The van der Waals surface area contributed by atoms with Crippen LogP contribution in [0.15, 0.2) is 70.0 Å². The molecular weight excluding hydrogens is 448 g/mol. The van der Waals surface area contributed by atoms with E-state index >= 15 is 0 Å². The molecular formula is C24H21ClN2O4S. The Kier molecular flexibility index (Phi) is 5.41. The topological polar surface area (TPSA) is 79.6 Å². The lowest BCUT2D eigenvalue weighted by molar-refractivity contribution is 0.102. The van der Waals surface area contributed by atoms with Gasteiger partial charge in [0.15, 0.2) is 0 Å². The Hall–Kier alpha value is -2.87. The highest BCUT2D eigenvalue weighted by Crippen LogP contribution is 2.31. The third kappa shape index (κ3) is 3.77. The number of nitrogens with one attached hydrogen (secondary N) is 1. The molecule has 164 valence electrons. The molecule has 3 aromatic carbocycles. The summed E-state index contributed by atoms with van der Waals surface area (Å²) in [6, 6.07) is 17.5. The molecule has 6 nitrogen and oxygen atoms in total. The van der Waals surface area contributed by atoms with E-state index in [1.54, 1.807) is 12.1 Å². The maximum Gasteiger partial charge on any atom is 0.255 e. The number of carbonyl (C=O) groups is 1. The van der Waals surface area contributed by atoms with Crippen molar-refractivity contribution >= 4 is 55.2 Å². The number of anilines is 1. The average molecular weight is 469 g/mol. The van der Waals surface area contributed by atoms with Crippen LogP contribution in [-0.4, -0.2) is 31.7 Å². The van der Waals surface area contributed by atoms with Crippen molar-refractivity contribution in [2.75, 3.05) is 18.4 Å². The van der Waals surface area contributed by atoms with Crippen molar-refractivity contribution in [3.05, 3.63) is 71.2 Å². The lowest BCUT2D eigenvalue weighted by atomic mass is 10.1. The fourth-order valence-corrected chi connectivity index (χ4v) is 6.11. The van der Waals surface area contributed by atoms with Crippen LogP contribution in [-0.2, 0) is 10.0 Å². The zero-order valence-electron chi connectivity index (χ0n) is 17.2. The summed E-state index contributed by atoms with van der Waals surface area (Å²) in [7, 11) is -3.76. The van der Waals surface area contributed by atoms with Crippen molar-refractivity contribution in [1.29, 1.82) is 0 Å². The Bertz CT molecular complexity index is 1440. The lowest BCUT2D eigenvalue weighted by Gasteiger charge is -2.26. The van der Waals surface area contributed by atoms with Gasteiger partial charge in [-0.05, 0) is 49.2 Å². The number of nitrogens with zero attached hydrogens (tertiary/aromatic N) is 1. The van der Waals surface area contributed by atoms with Crippen LogP contribution in [0.3, 0.4) is 0 Å². The number of fused-ring (bicyclic) bond motifs is 3. The van der Waals surface area contributed by atoms with E-state index in [-0.39, 0.29) is 15.5 Å². The number of hydrogen-bond acceptors (Lipinski definition) is 4. The first-order valence-corrected chi connectivity index (χ1v) is 12.3. The molecule has 1 N–H and O–H groups in total. The molecule has 5 rings (SSSR count). The number of piperidine rings is 1. The molecule has 4 aromatic rings. The highest BCUT2D eigenvalue weighted by Gasteiger charge is 2.28. The van der Waals surface area contributed by atoms with Crippen molar-refractivity contribution in [2.45, 2.75) is 24.2 Å². The van der Waals surface area contributed by atoms with E-state index in [4.69, 9.17) is 16.0 Å². The van der Waals surface area contributed by atoms with Crippen LogP contribution in [0.1, 0.15) is 29.6 Å². The molecule has 1 aliphatic heterocycles. The second-order valence-electron chi connectivity index (χ2n) is 7.87. The van der Waals surface area contributed by atoms with Crippen molar-refractivity contribution in [2.24, 2.45) is 0 Å². The van der Waals surface area contributed by atoms with E-state index < -0.39 is 15.9 Å². The first kappa shape index (κ1) is 21.0. The van der Waals surface area contributed by atoms with Crippen LogP contribution in [0.5, 0.6) is 0 Å². The molecule has 0 saturated carbocycles. The zero-order chi connectivity index (χ0) is 22.3. The van der Waals surface area contributed by atoms with Crippen molar-refractivity contribution in [1.82, 2.24) is 4.31 Å². The van der Waals surface area contributed by atoms with Gasteiger partial charge >= 0.3 is 0 Å². The van der Waals surface area contributed by atoms with Gasteiger partial charge in [0.1, 0.15) is 16.1 Å². The van der Waals surface area contributed by atoms with E-state index in [0.717, 1.165) is 35.6 Å². The monoisotopic (exact) mass is 468 g/mol. The minimum atomic E-state index is -3.76. The Morgan fingerprint density at radius 2 is 1.66 bits per heavy atom. The smallest absolute Gasteiger partial charge is 0.255 e. The number of furan rings is 1. The zero-order valence-corrected chi connectivity index (χ0v) is 18.7. The largest absolute Gasteiger partial charge is 0.456 e. The van der Waals surface area contributed by atoms with Gasteiger partial charge in [-0.1, -0.05) is 36.2 Å². The predicted molar refractivity (Wildman–Crippen MR) is 126 cm³/mol. The van der Waals surface area contributed by atoms with E-state index in [9.17, 15) is 13.2 Å². The molecule has 0 bridgehead atoms. The molecule has 32 heavy (non-hydrogen) atoms. The Balaban J connectivity index is 1.43. The Morgan fingerprint density at radius 1 is 0.906 bits per heavy atom. The number of rotatable bonds is 4. The maximum atomic E-state index is 13.1. The van der Waals surface area contributed by atoms with Gasteiger partial charge < -0.3 is 9.73 Å². The van der Waals surface area contributed by atoms with E-state index in [1.165, 1.54) is 22.5 Å². The molecule has 1 fully saturated rings. The van der Waals surface area contributed by atoms with E-state index in [1.807, 2.05) is 30.3 Å². The summed E-state index contributed by atoms with van der Waals surface area (Å²) < 4.78 is 33.5. The van der Waals surface area contributed by atoms with Gasteiger partial charge in [-0.15, -0.1) is 0 Å². The number of amides is 1.